The van der Waals surface area contributed by atoms with Crippen LogP contribution in [0.4, 0.5) is 0 Å². The maximum absolute atomic E-state index is 12.0. The second-order valence-electron chi connectivity index (χ2n) is 7.21. The van der Waals surface area contributed by atoms with Crippen LogP contribution in [0.15, 0.2) is 30.3 Å². The molecule has 4 nitrogen and oxygen atoms in total. The number of aryl methyl sites for hydroxylation is 1. The molecule has 1 aliphatic rings. The quantitative estimate of drug-likeness (QED) is 0.939. The molecule has 1 heterocycles. The lowest BCUT2D eigenvalue weighted by molar-refractivity contribution is -0.121. The Morgan fingerprint density at radius 2 is 2.04 bits per heavy atom. The van der Waals surface area contributed by atoms with Crippen LogP contribution in [0.5, 0.6) is 0 Å². The minimum Gasteiger partial charge on any atom is -0.349 e. The summed E-state index contributed by atoms with van der Waals surface area (Å²) in [6.45, 7) is 8.46. The van der Waals surface area contributed by atoms with Gasteiger partial charge in [0.2, 0.25) is 5.91 Å². The Morgan fingerprint density at radius 3 is 2.70 bits per heavy atom. The molecule has 0 bridgehead atoms. The molecule has 2 aromatic rings. The zero-order chi connectivity index (χ0) is 16.6. The lowest BCUT2D eigenvalue weighted by Crippen LogP contribution is -2.36. The third kappa shape index (κ3) is 3.03. The van der Waals surface area contributed by atoms with Crippen molar-refractivity contribution in [2.75, 3.05) is 0 Å². The SMILES string of the molecule is CCC(=O)N[C@@H]1CC(C)(C)Cc2c1c(C)nn2-c1ccccc1. The van der Waals surface area contributed by atoms with Crippen molar-refractivity contribution >= 4 is 5.91 Å². The lowest BCUT2D eigenvalue weighted by atomic mass is 9.73. The number of benzene rings is 1. The highest BCUT2D eigenvalue weighted by molar-refractivity contribution is 5.76. The molecular weight excluding hydrogens is 286 g/mol. The second kappa shape index (κ2) is 5.84. The Labute approximate surface area is 137 Å². The number of amides is 1. The Hall–Kier alpha value is -2.10. The van der Waals surface area contributed by atoms with Gasteiger partial charge in [-0.2, -0.15) is 5.10 Å². The first-order valence-corrected chi connectivity index (χ1v) is 8.34. The van der Waals surface area contributed by atoms with Gasteiger partial charge in [0.25, 0.3) is 0 Å². The lowest BCUT2D eigenvalue weighted by Gasteiger charge is -2.36. The third-order valence-electron chi connectivity index (χ3n) is 4.61. The minimum absolute atomic E-state index is 0.0543. The van der Waals surface area contributed by atoms with Crippen molar-refractivity contribution in [3.63, 3.8) is 0 Å². The molecule has 4 heteroatoms. The Kier molecular flexibility index (Phi) is 4.00. The van der Waals surface area contributed by atoms with Gasteiger partial charge in [-0.15, -0.1) is 0 Å². The van der Waals surface area contributed by atoms with Crippen LogP contribution in [-0.4, -0.2) is 15.7 Å². The molecule has 0 fully saturated rings. The molecule has 1 atom stereocenters. The summed E-state index contributed by atoms with van der Waals surface area (Å²) in [5, 5.41) is 7.97. The van der Waals surface area contributed by atoms with E-state index in [-0.39, 0.29) is 17.4 Å². The summed E-state index contributed by atoms with van der Waals surface area (Å²) in [6.07, 6.45) is 2.43. The molecule has 1 aliphatic carbocycles. The van der Waals surface area contributed by atoms with Gasteiger partial charge in [0, 0.05) is 12.0 Å². The summed E-state index contributed by atoms with van der Waals surface area (Å²) in [5.41, 5.74) is 4.66. The molecule has 1 aromatic carbocycles. The van der Waals surface area contributed by atoms with Crippen LogP contribution in [0.1, 0.15) is 56.6 Å². The number of para-hydroxylation sites is 1. The van der Waals surface area contributed by atoms with Gasteiger partial charge >= 0.3 is 0 Å². The largest absolute Gasteiger partial charge is 0.349 e. The van der Waals surface area contributed by atoms with Gasteiger partial charge in [-0.25, -0.2) is 4.68 Å². The first-order valence-electron chi connectivity index (χ1n) is 8.34. The van der Waals surface area contributed by atoms with Crippen LogP contribution in [0.25, 0.3) is 5.69 Å². The Balaban J connectivity index is 2.09. The number of nitrogens with one attached hydrogen (secondary N) is 1. The topological polar surface area (TPSA) is 46.9 Å². The van der Waals surface area contributed by atoms with Crippen LogP contribution < -0.4 is 5.32 Å². The number of hydrogen-bond acceptors (Lipinski definition) is 2. The summed E-state index contributed by atoms with van der Waals surface area (Å²) >= 11 is 0. The number of carbonyl (C=O) groups is 1. The van der Waals surface area contributed by atoms with Crippen LogP contribution in [-0.2, 0) is 11.2 Å². The van der Waals surface area contributed by atoms with Gasteiger partial charge < -0.3 is 5.32 Å². The predicted molar refractivity (Wildman–Crippen MR) is 91.6 cm³/mol. The molecule has 3 rings (SSSR count). The number of fused-ring (bicyclic) bond motifs is 1. The summed E-state index contributed by atoms with van der Waals surface area (Å²) in [6, 6.07) is 10.3. The first-order chi connectivity index (χ1) is 10.9. The van der Waals surface area contributed by atoms with Crippen LogP contribution >= 0.6 is 0 Å². The molecule has 0 aliphatic heterocycles. The van der Waals surface area contributed by atoms with Gasteiger partial charge in [0.05, 0.1) is 23.1 Å². The van der Waals surface area contributed by atoms with E-state index in [9.17, 15) is 4.79 Å². The summed E-state index contributed by atoms with van der Waals surface area (Å²) in [7, 11) is 0. The fraction of sp³-hybridized carbons (Fsp3) is 0.474. The number of nitrogens with zero attached hydrogens (tertiary/aromatic N) is 2. The van der Waals surface area contributed by atoms with Crippen LogP contribution in [0.3, 0.4) is 0 Å². The van der Waals surface area contributed by atoms with E-state index >= 15 is 0 Å². The molecule has 0 unspecified atom stereocenters. The molecule has 0 spiro atoms. The van der Waals surface area contributed by atoms with Crippen molar-refractivity contribution in [1.82, 2.24) is 15.1 Å². The van der Waals surface area contributed by atoms with E-state index < -0.39 is 0 Å². The van der Waals surface area contributed by atoms with Crippen molar-refractivity contribution in [3.05, 3.63) is 47.3 Å². The zero-order valence-electron chi connectivity index (χ0n) is 14.4. The highest BCUT2D eigenvalue weighted by atomic mass is 16.1. The fourth-order valence-electron chi connectivity index (χ4n) is 3.59. The Bertz CT molecular complexity index is 716. The van der Waals surface area contributed by atoms with Crippen molar-refractivity contribution < 1.29 is 4.79 Å². The molecule has 0 saturated carbocycles. The van der Waals surface area contributed by atoms with Gasteiger partial charge in [0.15, 0.2) is 0 Å². The number of aromatic nitrogens is 2. The van der Waals surface area contributed by atoms with E-state index in [0.717, 1.165) is 24.2 Å². The minimum atomic E-state index is 0.0543. The van der Waals surface area contributed by atoms with Crippen molar-refractivity contribution in [1.29, 1.82) is 0 Å². The summed E-state index contributed by atoms with van der Waals surface area (Å²) < 4.78 is 2.05. The standard InChI is InChI=1S/C19H25N3O/c1-5-17(23)20-15-11-19(3,4)12-16-18(15)13(2)21-22(16)14-9-7-6-8-10-14/h6-10,15H,5,11-12H2,1-4H3,(H,20,23)/t15-/m1/s1. The van der Waals surface area contributed by atoms with E-state index in [2.05, 4.69) is 36.0 Å². The highest BCUT2D eigenvalue weighted by Gasteiger charge is 2.37. The summed E-state index contributed by atoms with van der Waals surface area (Å²) in [5.74, 6) is 0.102. The van der Waals surface area contributed by atoms with Crippen molar-refractivity contribution in [3.8, 4) is 5.69 Å². The van der Waals surface area contributed by atoms with E-state index in [0.29, 0.717) is 6.42 Å². The second-order valence-corrected chi connectivity index (χ2v) is 7.21. The van der Waals surface area contributed by atoms with Crippen LogP contribution in [0.2, 0.25) is 0 Å². The zero-order valence-corrected chi connectivity index (χ0v) is 14.4. The van der Waals surface area contributed by atoms with E-state index in [4.69, 9.17) is 5.10 Å². The van der Waals surface area contributed by atoms with Crippen molar-refractivity contribution in [2.24, 2.45) is 5.41 Å². The smallest absolute Gasteiger partial charge is 0.220 e. The molecular formula is C19H25N3O. The van der Waals surface area contributed by atoms with Crippen LogP contribution in [0, 0.1) is 12.3 Å². The van der Waals surface area contributed by atoms with Gasteiger partial charge in [-0.3, -0.25) is 4.79 Å². The molecule has 122 valence electrons. The molecule has 0 saturated heterocycles. The van der Waals surface area contributed by atoms with Gasteiger partial charge in [-0.1, -0.05) is 39.0 Å². The van der Waals surface area contributed by atoms with E-state index in [1.165, 1.54) is 11.3 Å². The normalized spacial score (nSPS) is 19.2. The predicted octanol–water partition coefficient (Wildman–Crippen LogP) is 3.72. The average Bonchev–Trinajstić information content (AvgIpc) is 2.83. The molecule has 1 aromatic heterocycles. The molecule has 1 amide bonds. The maximum atomic E-state index is 12.0. The third-order valence-corrected chi connectivity index (χ3v) is 4.61. The highest BCUT2D eigenvalue weighted by Crippen LogP contribution is 2.42. The fourth-order valence-corrected chi connectivity index (χ4v) is 3.59. The molecule has 0 radical (unpaired) electrons. The number of carbonyl (C=O) groups excluding carboxylic acids is 1. The molecule has 1 N–H and O–H groups in total. The first kappa shape index (κ1) is 15.8. The number of hydrogen-bond donors (Lipinski definition) is 1. The molecule has 23 heavy (non-hydrogen) atoms. The number of rotatable bonds is 3. The van der Waals surface area contributed by atoms with E-state index in [1.54, 1.807) is 0 Å². The maximum Gasteiger partial charge on any atom is 0.220 e. The van der Waals surface area contributed by atoms with Gasteiger partial charge in [0.1, 0.15) is 0 Å². The van der Waals surface area contributed by atoms with Crippen molar-refractivity contribution in [2.45, 2.75) is 53.0 Å². The monoisotopic (exact) mass is 311 g/mol. The summed E-state index contributed by atoms with van der Waals surface area (Å²) in [4.78, 5) is 12.0. The van der Waals surface area contributed by atoms with E-state index in [1.807, 2.05) is 32.0 Å². The Morgan fingerprint density at radius 1 is 1.35 bits per heavy atom. The van der Waals surface area contributed by atoms with Gasteiger partial charge in [-0.05, 0) is 37.3 Å². The average molecular weight is 311 g/mol.